The number of benzene rings is 2. The van der Waals surface area contributed by atoms with Crippen LogP contribution in [0.15, 0.2) is 53.4 Å². The molecule has 3 aliphatic heterocycles. The number of fused-ring (bicyclic) bond motifs is 2. The van der Waals surface area contributed by atoms with Gasteiger partial charge >= 0.3 is 0 Å². The summed E-state index contributed by atoms with van der Waals surface area (Å²) < 4.78 is 57.2. The zero-order chi connectivity index (χ0) is 35.9. The molecule has 0 saturated carbocycles. The van der Waals surface area contributed by atoms with Crippen molar-refractivity contribution in [2.24, 2.45) is 11.3 Å². The van der Waals surface area contributed by atoms with Crippen LogP contribution in [0.25, 0.3) is 0 Å². The van der Waals surface area contributed by atoms with E-state index >= 15 is 0 Å². The van der Waals surface area contributed by atoms with E-state index in [4.69, 9.17) is 23.7 Å². The number of methoxy groups -OCH3 is 1. The molecule has 0 unspecified atom stereocenters. The standard InChI is InChI=1S/C35H49N3O11S/c1-35(2,14-7-8-15-36-32(40)21-45-3)22-37(50(43,44)25-11-12-30-31(18-25)49-23-48-30)19-29(39)27(17-24-9-5-4-6-10-24)38(34(41)42)28-20-47-33-26(28)13-16-46-33/h4-6,9-12,18,26-29,33,39H,7-8,13-17,19-23H2,1-3H3,(H,36,40)(H,41,42)/p-1/t26-,27-,28-,29+,33+/m0/s1. The van der Waals surface area contributed by atoms with Gasteiger partial charge in [-0.25, -0.2) is 8.42 Å². The van der Waals surface area contributed by atoms with Gasteiger partial charge in [-0.15, -0.1) is 0 Å². The lowest BCUT2D eigenvalue weighted by molar-refractivity contribution is -0.273. The van der Waals surface area contributed by atoms with Crippen molar-refractivity contribution in [3.05, 3.63) is 54.1 Å². The van der Waals surface area contributed by atoms with Gasteiger partial charge in [-0.3, -0.25) is 4.79 Å². The predicted molar refractivity (Wildman–Crippen MR) is 179 cm³/mol. The Kier molecular flexibility index (Phi) is 12.6. The van der Waals surface area contributed by atoms with E-state index in [1.165, 1.54) is 29.6 Å². The second-order valence-corrected chi connectivity index (χ2v) is 15.7. The molecular weight excluding hydrogens is 670 g/mol. The minimum absolute atomic E-state index is 0.0192. The number of amides is 2. The van der Waals surface area contributed by atoms with Crippen molar-refractivity contribution in [2.45, 2.75) is 75.3 Å². The highest BCUT2D eigenvalue weighted by atomic mass is 32.2. The monoisotopic (exact) mass is 718 g/mol. The molecule has 5 rings (SSSR count). The summed E-state index contributed by atoms with van der Waals surface area (Å²) in [5.74, 6) is 0.262. The molecule has 0 bridgehead atoms. The first-order chi connectivity index (χ1) is 23.9. The minimum atomic E-state index is -4.25. The van der Waals surface area contributed by atoms with E-state index in [9.17, 15) is 28.2 Å². The maximum atomic E-state index is 14.4. The maximum absolute atomic E-state index is 14.4. The average molecular weight is 719 g/mol. The van der Waals surface area contributed by atoms with Crippen molar-refractivity contribution >= 4 is 22.0 Å². The maximum Gasteiger partial charge on any atom is 0.245 e. The quantitative estimate of drug-likeness (QED) is 0.215. The van der Waals surface area contributed by atoms with Gasteiger partial charge in [0, 0.05) is 38.7 Å². The van der Waals surface area contributed by atoms with Gasteiger partial charge in [0.15, 0.2) is 17.8 Å². The highest BCUT2D eigenvalue weighted by Crippen LogP contribution is 2.38. The molecule has 14 nitrogen and oxygen atoms in total. The van der Waals surface area contributed by atoms with E-state index in [1.807, 2.05) is 44.2 Å². The number of carbonyl (C=O) groups is 2. The molecule has 5 atom stereocenters. The molecule has 0 aromatic heterocycles. The molecule has 276 valence electrons. The van der Waals surface area contributed by atoms with Crippen LogP contribution in [0.3, 0.4) is 0 Å². The molecule has 2 N–H and O–H groups in total. The number of carbonyl (C=O) groups excluding carboxylic acids is 2. The predicted octanol–water partition coefficient (Wildman–Crippen LogP) is 1.74. The number of nitrogens with one attached hydrogen (secondary N) is 1. The number of aliphatic hydroxyl groups excluding tert-OH is 1. The largest absolute Gasteiger partial charge is 0.530 e. The fourth-order valence-electron chi connectivity index (χ4n) is 6.98. The van der Waals surface area contributed by atoms with Crippen LogP contribution in [0, 0.1) is 11.3 Å². The number of aliphatic hydroxyl groups is 1. The van der Waals surface area contributed by atoms with Crippen LogP contribution in [0.5, 0.6) is 11.5 Å². The van der Waals surface area contributed by atoms with Gasteiger partial charge < -0.3 is 48.9 Å². The summed E-state index contributed by atoms with van der Waals surface area (Å²) in [7, 11) is -2.80. The van der Waals surface area contributed by atoms with E-state index in [1.54, 1.807) is 0 Å². The normalized spacial score (nSPS) is 21.2. The van der Waals surface area contributed by atoms with E-state index in [2.05, 4.69) is 5.32 Å². The Hall–Kier alpha value is -3.47. The van der Waals surface area contributed by atoms with Crippen LogP contribution in [0.4, 0.5) is 4.79 Å². The van der Waals surface area contributed by atoms with E-state index < -0.39 is 52.6 Å². The van der Waals surface area contributed by atoms with Crippen molar-refractivity contribution in [2.75, 3.05) is 53.4 Å². The van der Waals surface area contributed by atoms with Crippen molar-refractivity contribution in [1.29, 1.82) is 0 Å². The van der Waals surface area contributed by atoms with Crippen molar-refractivity contribution < 1.29 is 51.9 Å². The molecule has 2 fully saturated rings. The second kappa shape index (κ2) is 16.7. The molecule has 2 aromatic rings. The fraction of sp³-hybridized carbons (Fsp3) is 0.600. The molecule has 2 amide bonds. The van der Waals surface area contributed by atoms with Crippen LogP contribution in [-0.4, -0.2) is 113 Å². The number of sulfonamides is 1. The lowest BCUT2D eigenvalue weighted by Gasteiger charge is -2.43. The Labute approximate surface area is 293 Å². The number of hydrogen-bond donors (Lipinski definition) is 2. The minimum Gasteiger partial charge on any atom is -0.530 e. The summed E-state index contributed by atoms with van der Waals surface area (Å²) >= 11 is 0. The lowest BCUT2D eigenvalue weighted by atomic mass is 9.87. The van der Waals surface area contributed by atoms with Gasteiger partial charge in [-0.05, 0) is 48.8 Å². The summed E-state index contributed by atoms with van der Waals surface area (Å²) in [5, 5.41) is 27.8. The SMILES string of the molecule is COCC(=O)NCCCCC(C)(C)CN(C[C@@H](O)[C@H](Cc1ccccc1)N(C(=O)[O-])[C@H]1CO[C@H]2OCC[C@H]21)S(=O)(=O)c1ccc2c(c1)OCO2. The van der Waals surface area contributed by atoms with Gasteiger partial charge in [0.25, 0.3) is 0 Å². The van der Waals surface area contributed by atoms with Crippen LogP contribution >= 0.6 is 0 Å². The number of hydrogen-bond acceptors (Lipinski definition) is 11. The first-order valence-corrected chi connectivity index (χ1v) is 18.4. The highest BCUT2D eigenvalue weighted by Gasteiger charge is 2.47. The molecule has 2 aromatic carbocycles. The van der Waals surface area contributed by atoms with E-state index in [0.717, 1.165) is 10.5 Å². The van der Waals surface area contributed by atoms with Crippen LogP contribution in [0.1, 0.15) is 45.1 Å². The lowest BCUT2D eigenvalue weighted by Crippen LogP contribution is -2.61. The second-order valence-electron chi connectivity index (χ2n) is 13.8. The Morgan fingerprint density at radius 1 is 1.10 bits per heavy atom. The smallest absolute Gasteiger partial charge is 0.245 e. The Bertz CT molecular complexity index is 1560. The molecule has 0 aliphatic carbocycles. The third kappa shape index (κ3) is 9.25. The summed E-state index contributed by atoms with van der Waals surface area (Å²) in [6, 6.07) is 11.8. The van der Waals surface area contributed by atoms with E-state index in [0.29, 0.717) is 50.3 Å². The average Bonchev–Trinajstić information content (AvgIpc) is 3.83. The molecule has 2 saturated heterocycles. The van der Waals surface area contributed by atoms with Gasteiger partial charge in [-0.1, -0.05) is 50.6 Å². The number of ether oxygens (including phenoxy) is 5. The van der Waals surface area contributed by atoms with Gasteiger partial charge in [0.2, 0.25) is 22.7 Å². The van der Waals surface area contributed by atoms with E-state index in [-0.39, 0.29) is 49.7 Å². The summed E-state index contributed by atoms with van der Waals surface area (Å²) in [6.45, 7) is 4.40. The van der Waals surface area contributed by atoms with Crippen LogP contribution in [-0.2, 0) is 35.4 Å². The van der Waals surface area contributed by atoms with Crippen molar-refractivity contribution in [3.63, 3.8) is 0 Å². The fourth-order valence-corrected chi connectivity index (χ4v) is 8.64. The van der Waals surface area contributed by atoms with Crippen molar-refractivity contribution in [3.8, 4) is 11.5 Å². The summed E-state index contributed by atoms with van der Waals surface area (Å²) in [6.07, 6.45) is -0.804. The zero-order valence-electron chi connectivity index (χ0n) is 28.8. The molecule has 50 heavy (non-hydrogen) atoms. The molecule has 0 radical (unpaired) electrons. The first kappa shape index (κ1) is 37.8. The topological polar surface area (TPSA) is 176 Å². The molecule has 3 heterocycles. The van der Waals surface area contributed by atoms with Crippen LogP contribution in [0.2, 0.25) is 0 Å². The third-order valence-electron chi connectivity index (χ3n) is 9.52. The van der Waals surface area contributed by atoms with Gasteiger partial charge in [0.1, 0.15) is 12.7 Å². The molecular formula is C35H48N3O11S-. The Balaban J connectivity index is 1.42. The summed E-state index contributed by atoms with van der Waals surface area (Å²) in [5.41, 5.74) is 0.195. The van der Waals surface area contributed by atoms with Crippen LogP contribution < -0.4 is 19.9 Å². The van der Waals surface area contributed by atoms with Gasteiger partial charge in [-0.2, -0.15) is 4.31 Å². The Morgan fingerprint density at radius 3 is 2.60 bits per heavy atom. The Morgan fingerprint density at radius 2 is 1.86 bits per heavy atom. The molecule has 15 heteroatoms. The van der Waals surface area contributed by atoms with Crippen molar-refractivity contribution in [1.82, 2.24) is 14.5 Å². The zero-order valence-corrected chi connectivity index (χ0v) is 29.6. The number of unbranched alkanes of at least 4 members (excludes halogenated alkanes) is 1. The van der Waals surface area contributed by atoms with Gasteiger partial charge in [0.05, 0.1) is 36.3 Å². The first-order valence-electron chi connectivity index (χ1n) is 17.0. The third-order valence-corrected chi connectivity index (χ3v) is 11.3. The number of carboxylic acid groups (broad SMARTS) is 1. The molecule has 0 spiro atoms. The number of nitrogens with zero attached hydrogens (tertiary/aromatic N) is 2. The number of rotatable bonds is 18. The summed E-state index contributed by atoms with van der Waals surface area (Å²) in [4.78, 5) is 25.8. The highest BCUT2D eigenvalue weighted by molar-refractivity contribution is 7.89. The molecule has 3 aliphatic rings.